The van der Waals surface area contributed by atoms with Crippen molar-refractivity contribution in [3.8, 4) is 11.5 Å². The van der Waals surface area contributed by atoms with E-state index in [1.54, 1.807) is 44.6 Å². The Morgan fingerprint density at radius 3 is 2.71 bits per heavy atom. The number of fused-ring (bicyclic) bond motifs is 1. The normalized spacial score (nSPS) is 10.6. The Kier molecular flexibility index (Phi) is 4.57. The number of nitrogens with zero attached hydrogens (tertiary/aromatic N) is 1. The highest BCUT2D eigenvalue weighted by Gasteiger charge is 2.09. The summed E-state index contributed by atoms with van der Waals surface area (Å²) < 4.78 is 10.4. The van der Waals surface area contributed by atoms with Crippen molar-refractivity contribution in [2.24, 2.45) is 0 Å². The molecule has 0 fully saturated rings. The van der Waals surface area contributed by atoms with Gasteiger partial charge in [0.25, 0.3) is 0 Å². The highest BCUT2D eigenvalue weighted by atomic mass is 35.5. The summed E-state index contributed by atoms with van der Waals surface area (Å²) in [5.74, 6) is 1.09. The Hall–Kier alpha value is -2.73. The molecule has 1 heterocycles. The molecule has 0 aliphatic heterocycles. The molecule has 3 rings (SSSR count). The van der Waals surface area contributed by atoms with E-state index in [1.807, 2.05) is 6.07 Å². The maximum atomic E-state index is 12.2. The van der Waals surface area contributed by atoms with Crippen LogP contribution in [0.2, 0.25) is 5.28 Å². The monoisotopic (exact) mass is 345 g/mol. The SMILES string of the molecule is COc1ccc(CC(=O)Nc2ccc3nc(Cl)[nH]c3c2)cc1OC. The lowest BCUT2D eigenvalue weighted by Gasteiger charge is -2.10. The van der Waals surface area contributed by atoms with Gasteiger partial charge in [-0.25, -0.2) is 4.98 Å². The first-order valence-electron chi connectivity index (χ1n) is 7.25. The fourth-order valence-electron chi connectivity index (χ4n) is 2.44. The van der Waals surface area contributed by atoms with Crippen molar-refractivity contribution in [3.05, 3.63) is 47.2 Å². The number of rotatable bonds is 5. The van der Waals surface area contributed by atoms with Gasteiger partial charge in [-0.15, -0.1) is 0 Å². The lowest BCUT2D eigenvalue weighted by Crippen LogP contribution is -2.14. The van der Waals surface area contributed by atoms with Gasteiger partial charge in [0.1, 0.15) is 0 Å². The zero-order valence-electron chi connectivity index (χ0n) is 13.2. The number of methoxy groups -OCH3 is 2. The van der Waals surface area contributed by atoms with Crippen LogP contribution >= 0.6 is 11.6 Å². The van der Waals surface area contributed by atoms with E-state index in [0.717, 1.165) is 16.6 Å². The third-order valence-corrected chi connectivity index (χ3v) is 3.73. The number of halogens is 1. The number of amides is 1. The number of carbonyl (C=O) groups is 1. The second kappa shape index (κ2) is 6.80. The minimum absolute atomic E-state index is 0.132. The average Bonchev–Trinajstić information content (AvgIpc) is 2.93. The number of aromatic amines is 1. The van der Waals surface area contributed by atoms with Crippen LogP contribution in [0.5, 0.6) is 11.5 Å². The molecule has 7 heteroatoms. The van der Waals surface area contributed by atoms with E-state index < -0.39 is 0 Å². The Balaban J connectivity index is 1.72. The summed E-state index contributed by atoms with van der Waals surface area (Å²) in [5.41, 5.74) is 3.02. The predicted molar refractivity (Wildman–Crippen MR) is 93.0 cm³/mol. The molecule has 2 aromatic carbocycles. The topological polar surface area (TPSA) is 76.2 Å². The molecule has 24 heavy (non-hydrogen) atoms. The molecule has 0 aliphatic carbocycles. The van der Waals surface area contributed by atoms with Gasteiger partial charge in [-0.2, -0.15) is 0 Å². The van der Waals surface area contributed by atoms with E-state index in [9.17, 15) is 4.79 Å². The van der Waals surface area contributed by atoms with Crippen LogP contribution in [0, 0.1) is 0 Å². The zero-order chi connectivity index (χ0) is 17.1. The number of imidazole rings is 1. The minimum atomic E-state index is -0.132. The summed E-state index contributed by atoms with van der Waals surface area (Å²) in [7, 11) is 3.13. The standard InChI is InChI=1S/C17H16ClN3O3/c1-23-14-6-3-10(7-15(14)24-2)8-16(22)19-11-4-5-12-13(9-11)21-17(18)20-12/h3-7,9H,8H2,1-2H3,(H,19,22)(H,20,21). The highest BCUT2D eigenvalue weighted by molar-refractivity contribution is 6.29. The molecule has 0 saturated carbocycles. The third-order valence-electron chi connectivity index (χ3n) is 3.55. The van der Waals surface area contributed by atoms with Gasteiger partial charge in [-0.05, 0) is 47.5 Å². The van der Waals surface area contributed by atoms with Crippen molar-refractivity contribution in [2.45, 2.75) is 6.42 Å². The maximum Gasteiger partial charge on any atom is 0.228 e. The summed E-state index contributed by atoms with van der Waals surface area (Å²) >= 11 is 5.83. The molecule has 0 saturated heterocycles. The predicted octanol–water partition coefficient (Wildman–Crippen LogP) is 3.41. The first-order chi connectivity index (χ1) is 11.6. The molecule has 0 unspecified atom stereocenters. The van der Waals surface area contributed by atoms with Gasteiger partial charge in [0.05, 0.1) is 31.7 Å². The van der Waals surface area contributed by atoms with Crippen LogP contribution in [0.25, 0.3) is 11.0 Å². The molecule has 3 aromatic rings. The number of ether oxygens (including phenoxy) is 2. The number of anilines is 1. The molecule has 0 spiro atoms. The van der Waals surface area contributed by atoms with Crippen molar-refractivity contribution in [1.29, 1.82) is 0 Å². The molecule has 2 N–H and O–H groups in total. The second-order valence-electron chi connectivity index (χ2n) is 5.17. The summed E-state index contributed by atoms with van der Waals surface area (Å²) in [6.45, 7) is 0. The Bertz CT molecular complexity index is 892. The highest BCUT2D eigenvalue weighted by Crippen LogP contribution is 2.28. The fourth-order valence-corrected chi connectivity index (χ4v) is 2.63. The van der Waals surface area contributed by atoms with E-state index in [4.69, 9.17) is 21.1 Å². The van der Waals surface area contributed by atoms with Crippen LogP contribution < -0.4 is 14.8 Å². The summed E-state index contributed by atoms with van der Waals surface area (Å²) in [4.78, 5) is 19.3. The van der Waals surface area contributed by atoms with Crippen LogP contribution in [-0.4, -0.2) is 30.1 Å². The van der Waals surface area contributed by atoms with Crippen LogP contribution in [0.15, 0.2) is 36.4 Å². The lowest BCUT2D eigenvalue weighted by molar-refractivity contribution is -0.115. The number of nitrogens with one attached hydrogen (secondary N) is 2. The van der Waals surface area contributed by atoms with Gasteiger partial charge in [0.15, 0.2) is 11.5 Å². The van der Waals surface area contributed by atoms with Crippen molar-refractivity contribution in [1.82, 2.24) is 9.97 Å². The van der Waals surface area contributed by atoms with Crippen molar-refractivity contribution in [3.63, 3.8) is 0 Å². The molecule has 0 bridgehead atoms. The Morgan fingerprint density at radius 1 is 1.17 bits per heavy atom. The number of aromatic nitrogens is 2. The van der Waals surface area contributed by atoms with Crippen molar-refractivity contribution < 1.29 is 14.3 Å². The van der Waals surface area contributed by atoms with E-state index in [0.29, 0.717) is 22.5 Å². The van der Waals surface area contributed by atoms with E-state index >= 15 is 0 Å². The van der Waals surface area contributed by atoms with Crippen molar-refractivity contribution in [2.75, 3.05) is 19.5 Å². The number of hydrogen-bond donors (Lipinski definition) is 2. The summed E-state index contributed by atoms with van der Waals surface area (Å²) in [6.07, 6.45) is 0.224. The second-order valence-corrected chi connectivity index (χ2v) is 5.53. The number of H-pyrrole nitrogens is 1. The molecular formula is C17H16ClN3O3. The van der Waals surface area contributed by atoms with Crippen LogP contribution in [0.1, 0.15) is 5.56 Å². The van der Waals surface area contributed by atoms with Gasteiger partial charge in [0, 0.05) is 5.69 Å². The van der Waals surface area contributed by atoms with Gasteiger partial charge in [0.2, 0.25) is 11.2 Å². The van der Waals surface area contributed by atoms with Crippen LogP contribution in [-0.2, 0) is 11.2 Å². The molecular weight excluding hydrogens is 330 g/mol. The molecule has 0 aliphatic rings. The molecule has 1 aromatic heterocycles. The Morgan fingerprint density at radius 2 is 1.96 bits per heavy atom. The Labute approximate surface area is 143 Å². The van der Waals surface area contributed by atoms with Gasteiger partial charge in [-0.1, -0.05) is 6.07 Å². The van der Waals surface area contributed by atoms with Gasteiger partial charge >= 0.3 is 0 Å². The summed E-state index contributed by atoms with van der Waals surface area (Å²) in [6, 6.07) is 10.8. The third kappa shape index (κ3) is 3.44. The average molecular weight is 346 g/mol. The molecule has 6 nitrogen and oxygen atoms in total. The first-order valence-corrected chi connectivity index (χ1v) is 7.63. The molecule has 0 atom stereocenters. The minimum Gasteiger partial charge on any atom is -0.493 e. The van der Waals surface area contributed by atoms with Crippen LogP contribution in [0.3, 0.4) is 0 Å². The lowest BCUT2D eigenvalue weighted by atomic mass is 10.1. The van der Waals surface area contributed by atoms with E-state index in [2.05, 4.69) is 15.3 Å². The number of hydrogen-bond acceptors (Lipinski definition) is 4. The summed E-state index contributed by atoms with van der Waals surface area (Å²) in [5, 5.41) is 3.17. The number of carbonyl (C=O) groups excluding carboxylic acids is 1. The largest absolute Gasteiger partial charge is 0.493 e. The van der Waals surface area contributed by atoms with Gasteiger partial charge < -0.3 is 19.8 Å². The smallest absolute Gasteiger partial charge is 0.228 e. The van der Waals surface area contributed by atoms with Crippen molar-refractivity contribution >= 4 is 34.2 Å². The van der Waals surface area contributed by atoms with E-state index in [1.165, 1.54) is 0 Å². The quantitative estimate of drug-likeness (QED) is 0.743. The van der Waals surface area contributed by atoms with E-state index in [-0.39, 0.29) is 12.3 Å². The molecule has 1 amide bonds. The van der Waals surface area contributed by atoms with Gasteiger partial charge in [-0.3, -0.25) is 4.79 Å². The fraction of sp³-hybridized carbons (Fsp3) is 0.176. The zero-order valence-corrected chi connectivity index (χ0v) is 14.0. The maximum absolute atomic E-state index is 12.2. The van der Waals surface area contributed by atoms with Crippen LogP contribution in [0.4, 0.5) is 5.69 Å². The number of benzene rings is 2. The molecule has 0 radical (unpaired) electrons. The first kappa shape index (κ1) is 16.1. The molecule has 124 valence electrons.